The number of hydrogen-bond acceptors (Lipinski definition) is 2. The Morgan fingerprint density at radius 2 is 0.972 bits per heavy atom. The van der Waals surface area contributed by atoms with E-state index in [2.05, 4.69) is 111 Å². The molecule has 2 nitrogen and oxygen atoms in total. The van der Waals surface area contributed by atoms with E-state index in [0.29, 0.717) is 13.2 Å². The Morgan fingerprint density at radius 3 is 1.67 bits per heavy atom. The van der Waals surface area contributed by atoms with Crippen molar-refractivity contribution in [2.45, 2.75) is 26.7 Å². The molecule has 36 heavy (non-hydrogen) atoms. The Bertz CT molecular complexity index is 1710. The smallest absolute Gasteiger partial charge is 0.135 e. The Kier molecular flexibility index (Phi) is 5.95. The predicted octanol–water partition coefficient (Wildman–Crippen LogP) is 9.54. The predicted molar refractivity (Wildman–Crippen MR) is 153 cm³/mol. The fourth-order valence-electron chi connectivity index (χ4n) is 5.38. The van der Waals surface area contributed by atoms with Gasteiger partial charge in [0.2, 0.25) is 0 Å². The van der Waals surface area contributed by atoms with Crippen molar-refractivity contribution >= 4 is 43.1 Å². The maximum Gasteiger partial charge on any atom is 0.135 e. The number of hydrogen-bond donors (Lipinski definition) is 0. The molecular weight excluding hydrogens is 440 g/mol. The molecule has 0 fully saturated rings. The van der Waals surface area contributed by atoms with Crippen LogP contribution in [0.4, 0.5) is 0 Å². The number of fused-ring (bicyclic) bond motifs is 6. The van der Waals surface area contributed by atoms with Crippen molar-refractivity contribution in [3.8, 4) is 22.6 Å². The topological polar surface area (TPSA) is 18.5 Å². The van der Waals surface area contributed by atoms with Crippen LogP contribution >= 0.6 is 0 Å². The van der Waals surface area contributed by atoms with Gasteiger partial charge in [-0.25, -0.2) is 0 Å². The molecule has 0 aromatic heterocycles. The second-order valence-electron chi connectivity index (χ2n) is 9.31. The lowest BCUT2D eigenvalue weighted by atomic mass is 9.88. The van der Waals surface area contributed by atoms with Crippen LogP contribution in [0, 0.1) is 0 Å². The van der Waals surface area contributed by atoms with Crippen molar-refractivity contribution in [2.24, 2.45) is 0 Å². The van der Waals surface area contributed by atoms with Crippen molar-refractivity contribution in [2.75, 3.05) is 13.2 Å². The van der Waals surface area contributed by atoms with Gasteiger partial charge < -0.3 is 9.47 Å². The molecule has 0 saturated carbocycles. The quantitative estimate of drug-likeness (QED) is 0.216. The van der Waals surface area contributed by atoms with Gasteiger partial charge in [0, 0.05) is 16.3 Å². The van der Waals surface area contributed by atoms with E-state index in [-0.39, 0.29) is 0 Å². The molecule has 0 aliphatic heterocycles. The normalized spacial score (nSPS) is 11.5. The average Bonchev–Trinajstić information content (AvgIpc) is 2.94. The second kappa shape index (κ2) is 9.54. The Balaban J connectivity index is 1.77. The molecule has 0 radical (unpaired) electrons. The number of ether oxygens (including phenoxy) is 2. The molecule has 6 rings (SSSR count). The van der Waals surface area contributed by atoms with E-state index in [4.69, 9.17) is 9.47 Å². The zero-order valence-electron chi connectivity index (χ0n) is 20.9. The van der Waals surface area contributed by atoms with Gasteiger partial charge in [0.1, 0.15) is 11.5 Å². The summed E-state index contributed by atoms with van der Waals surface area (Å²) in [5.41, 5.74) is 2.33. The summed E-state index contributed by atoms with van der Waals surface area (Å²) in [5.74, 6) is 1.90. The minimum atomic E-state index is 0.674. The first-order chi connectivity index (χ1) is 17.8. The lowest BCUT2D eigenvalue weighted by molar-refractivity contribution is 0.321. The molecule has 2 heteroatoms. The van der Waals surface area contributed by atoms with Crippen LogP contribution in [0.1, 0.15) is 26.7 Å². The Hall–Kier alpha value is -4.04. The summed E-state index contributed by atoms with van der Waals surface area (Å²) in [6.07, 6.45) is 1.92. The highest BCUT2D eigenvalue weighted by atomic mass is 16.5. The van der Waals surface area contributed by atoms with Crippen LogP contribution in [-0.2, 0) is 0 Å². The highest BCUT2D eigenvalue weighted by Crippen LogP contribution is 2.47. The molecule has 0 unspecified atom stereocenters. The highest BCUT2D eigenvalue weighted by molar-refractivity contribution is 6.22. The van der Waals surface area contributed by atoms with Gasteiger partial charge in [0.05, 0.1) is 13.2 Å². The molecule has 0 aliphatic rings. The third kappa shape index (κ3) is 3.65. The lowest BCUT2D eigenvalue weighted by Crippen LogP contribution is -2.00. The maximum absolute atomic E-state index is 6.56. The van der Waals surface area contributed by atoms with E-state index >= 15 is 0 Å². The summed E-state index contributed by atoms with van der Waals surface area (Å²) >= 11 is 0. The van der Waals surface area contributed by atoms with Crippen LogP contribution in [0.15, 0.2) is 97.1 Å². The summed E-state index contributed by atoms with van der Waals surface area (Å²) in [6.45, 7) is 5.67. The van der Waals surface area contributed by atoms with E-state index in [1.54, 1.807) is 0 Å². The molecule has 178 valence electrons. The summed E-state index contributed by atoms with van der Waals surface area (Å²) in [7, 11) is 0. The largest absolute Gasteiger partial charge is 0.493 e. The molecule has 0 heterocycles. The summed E-state index contributed by atoms with van der Waals surface area (Å²) in [6, 6.07) is 34.7. The van der Waals surface area contributed by atoms with E-state index in [1.165, 1.54) is 37.9 Å². The van der Waals surface area contributed by atoms with E-state index in [1.807, 2.05) is 0 Å². The minimum absolute atomic E-state index is 0.674. The van der Waals surface area contributed by atoms with Gasteiger partial charge >= 0.3 is 0 Å². The monoisotopic (exact) mass is 470 g/mol. The van der Waals surface area contributed by atoms with Crippen LogP contribution in [0.2, 0.25) is 0 Å². The second-order valence-corrected chi connectivity index (χ2v) is 9.31. The van der Waals surface area contributed by atoms with E-state index < -0.39 is 0 Å². The van der Waals surface area contributed by atoms with Crippen molar-refractivity contribution in [1.82, 2.24) is 0 Å². The third-order valence-corrected chi connectivity index (χ3v) is 6.93. The number of benzene rings is 6. The molecule has 0 atom stereocenters. The molecular formula is C34H30O2. The Morgan fingerprint density at radius 1 is 0.472 bits per heavy atom. The van der Waals surface area contributed by atoms with Gasteiger partial charge in [-0.05, 0) is 56.8 Å². The molecule has 6 aromatic rings. The van der Waals surface area contributed by atoms with Crippen molar-refractivity contribution in [3.63, 3.8) is 0 Å². The van der Waals surface area contributed by atoms with Crippen LogP contribution in [0.5, 0.6) is 11.5 Å². The van der Waals surface area contributed by atoms with Crippen LogP contribution < -0.4 is 9.47 Å². The zero-order valence-corrected chi connectivity index (χ0v) is 20.9. The Labute approximate surface area is 212 Å². The van der Waals surface area contributed by atoms with Crippen LogP contribution in [-0.4, -0.2) is 13.2 Å². The van der Waals surface area contributed by atoms with Gasteiger partial charge in [0.25, 0.3) is 0 Å². The van der Waals surface area contributed by atoms with Gasteiger partial charge in [-0.2, -0.15) is 0 Å². The SMILES string of the molecule is CCCOc1cc2c(-c3c(OCCC)c4ccccc4c4ccccc34)cccc2c2ccccc12. The lowest BCUT2D eigenvalue weighted by Gasteiger charge is -2.20. The van der Waals surface area contributed by atoms with Crippen LogP contribution in [0.3, 0.4) is 0 Å². The minimum Gasteiger partial charge on any atom is -0.493 e. The summed E-state index contributed by atoms with van der Waals surface area (Å²) in [5, 5.41) is 9.60. The molecule has 0 aliphatic carbocycles. The van der Waals surface area contributed by atoms with E-state index in [0.717, 1.165) is 40.7 Å². The molecule has 0 N–H and O–H groups in total. The van der Waals surface area contributed by atoms with Crippen LogP contribution in [0.25, 0.3) is 54.2 Å². The van der Waals surface area contributed by atoms with Gasteiger partial charge in [0.15, 0.2) is 0 Å². The summed E-state index contributed by atoms with van der Waals surface area (Å²) < 4.78 is 12.9. The van der Waals surface area contributed by atoms with Crippen molar-refractivity contribution < 1.29 is 9.47 Å². The van der Waals surface area contributed by atoms with Gasteiger partial charge in [-0.3, -0.25) is 0 Å². The molecule has 0 spiro atoms. The van der Waals surface area contributed by atoms with Crippen molar-refractivity contribution in [3.05, 3.63) is 97.1 Å². The molecule has 6 aromatic carbocycles. The first kappa shape index (κ1) is 22.4. The van der Waals surface area contributed by atoms with E-state index in [9.17, 15) is 0 Å². The van der Waals surface area contributed by atoms with Crippen molar-refractivity contribution in [1.29, 1.82) is 0 Å². The average molecular weight is 471 g/mol. The highest BCUT2D eigenvalue weighted by Gasteiger charge is 2.20. The number of rotatable bonds is 7. The molecule has 0 saturated heterocycles. The fourth-order valence-corrected chi connectivity index (χ4v) is 5.38. The summed E-state index contributed by atoms with van der Waals surface area (Å²) in [4.78, 5) is 0. The van der Waals surface area contributed by atoms with Gasteiger partial charge in [-0.1, -0.05) is 105 Å². The first-order valence-electron chi connectivity index (χ1n) is 13.0. The maximum atomic E-state index is 6.56. The zero-order chi connectivity index (χ0) is 24.5. The third-order valence-electron chi connectivity index (χ3n) is 6.93. The molecule has 0 amide bonds. The van der Waals surface area contributed by atoms with Gasteiger partial charge in [-0.15, -0.1) is 0 Å². The molecule has 0 bridgehead atoms. The standard InChI is InChI=1S/C34H30O2/c1-3-20-35-32-22-31-26(23-12-5-8-15-27(23)32)18-11-19-29(31)33-28-16-9-6-13-24(28)25-14-7-10-17-30(25)34(33)36-21-4-2/h5-19,22H,3-4,20-21H2,1-2H3. The first-order valence-corrected chi connectivity index (χ1v) is 13.0. The fraction of sp³-hybridized carbons (Fsp3) is 0.176.